The molecule has 0 aromatic rings. The molecule has 0 amide bonds. The summed E-state index contributed by atoms with van der Waals surface area (Å²) in [4.78, 5) is 10.5. The molecular weight excluding hydrogens is 124 g/mol. The van der Waals surface area contributed by atoms with Gasteiger partial charge in [-0.25, -0.2) is 4.79 Å². The van der Waals surface area contributed by atoms with E-state index in [9.17, 15) is 4.79 Å². The largest absolute Gasteiger partial charge is 0.461 e. The monoisotopic (exact) mass is 132 g/mol. The molecule has 0 saturated carbocycles. The quantitative estimate of drug-likeness (QED) is 0.392. The fourth-order valence-corrected chi connectivity index (χ4v) is 0.423. The van der Waals surface area contributed by atoms with Gasteiger partial charge in [0, 0.05) is 0 Å². The van der Waals surface area contributed by atoms with Gasteiger partial charge in [0.2, 0.25) is 0 Å². The summed E-state index contributed by atoms with van der Waals surface area (Å²) < 4.78 is 9.11. The van der Waals surface area contributed by atoms with E-state index in [0.717, 1.165) is 0 Å². The van der Waals surface area contributed by atoms with Crippen LogP contribution in [-0.2, 0) is 14.3 Å². The Kier molecular flexibility index (Phi) is 2.02. The van der Waals surface area contributed by atoms with Gasteiger partial charge < -0.3 is 14.6 Å². The van der Waals surface area contributed by atoms with Gasteiger partial charge in [-0.2, -0.15) is 0 Å². The Morgan fingerprint density at radius 3 is 3.00 bits per heavy atom. The fourth-order valence-electron chi connectivity index (χ4n) is 0.423. The zero-order valence-electron chi connectivity index (χ0n) is 4.87. The first-order valence-corrected chi connectivity index (χ1v) is 2.73. The van der Waals surface area contributed by atoms with Crippen LogP contribution in [-0.4, -0.2) is 37.0 Å². The fraction of sp³-hybridized carbons (Fsp3) is 0.800. The van der Waals surface area contributed by atoms with E-state index >= 15 is 0 Å². The van der Waals surface area contributed by atoms with Gasteiger partial charge in [0.15, 0.2) is 6.10 Å². The minimum atomic E-state index is -0.371. The number of rotatable bonds is 3. The molecule has 0 aromatic carbocycles. The second-order valence-electron chi connectivity index (χ2n) is 1.71. The third kappa shape index (κ3) is 1.99. The number of epoxide rings is 1. The number of esters is 1. The Hall–Kier alpha value is -0.610. The molecule has 52 valence electrons. The molecule has 4 heteroatoms. The van der Waals surface area contributed by atoms with Crippen LogP contribution in [0.2, 0.25) is 0 Å². The van der Waals surface area contributed by atoms with E-state index in [2.05, 4.69) is 9.47 Å². The zero-order chi connectivity index (χ0) is 6.69. The lowest BCUT2D eigenvalue weighted by Gasteiger charge is -1.96. The Balaban J connectivity index is 2.03. The van der Waals surface area contributed by atoms with Crippen molar-refractivity contribution in [2.24, 2.45) is 0 Å². The maximum absolute atomic E-state index is 10.5. The molecule has 4 nitrogen and oxygen atoms in total. The predicted octanol–water partition coefficient (Wildman–Crippen LogP) is -1.08. The third-order valence-corrected chi connectivity index (χ3v) is 0.932. The lowest BCUT2D eigenvalue weighted by molar-refractivity contribution is -0.146. The molecule has 0 aromatic heterocycles. The van der Waals surface area contributed by atoms with Crippen LogP contribution in [0.15, 0.2) is 0 Å². The van der Waals surface area contributed by atoms with Crippen LogP contribution in [0.3, 0.4) is 0 Å². The first-order valence-electron chi connectivity index (χ1n) is 2.73. The number of hydrogen-bond acceptors (Lipinski definition) is 4. The molecule has 1 N–H and O–H groups in total. The van der Waals surface area contributed by atoms with Gasteiger partial charge in [-0.3, -0.25) is 0 Å². The smallest absolute Gasteiger partial charge is 0.337 e. The van der Waals surface area contributed by atoms with E-state index in [1.807, 2.05) is 0 Å². The van der Waals surface area contributed by atoms with Crippen molar-refractivity contribution < 1.29 is 19.4 Å². The van der Waals surface area contributed by atoms with Crippen LogP contribution >= 0.6 is 0 Å². The number of aliphatic hydroxyl groups is 1. The van der Waals surface area contributed by atoms with E-state index in [-0.39, 0.29) is 25.3 Å². The van der Waals surface area contributed by atoms with Crippen molar-refractivity contribution >= 4 is 5.97 Å². The first kappa shape index (κ1) is 6.51. The SMILES string of the molecule is O=C(OCCO)C1CO1. The summed E-state index contributed by atoms with van der Waals surface area (Å²) in [5.41, 5.74) is 0. The van der Waals surface area contributed by atoms with Crippen LogP contribution in [0, 0.1) is 0 Å². The van der Waals surface area contributed by atoms with Crippen LogP contribution in [0.1, 0.15) is 0 Å². The number of ether oxygens (including phenoxy) is 2. The van der Waals surface area contributed by atoms with Crippen molar-refractivity contribution in [1.29, 1.82) is 0 Å². The van der Waals surface area contributed by atoms with Crippen molar-refractivity contribution in [2.75, 3.05) is 19.8 Å². The third-order valence-electron chi connectivity index (χ3n) is 0.932. The van der Waals surface area contributed by atoms with Gasteiger partial charge >= 0.3 is 5.97 Å². The minimum Gasteiger partial charge on any atom is -0.461 e. The number of carbonyl (C=O) groups is 1. The number of carbonyl (C=O) groups excluding carboxylic acids is 1. The molecule has 1 fully saturated rings. The van der Waals surface area contributed by atoms with E-state index in [1.165, 1.54) is 0 Å². The number of aliphatic hydroxyl groups excluding tert-OH is 1. The molecule has 1 unspecified atom stereocenters. The highest BCUT2D eigenvalue weighted by Crippen LogP contribution is 2.09. The predicted molar refractivity (Wildman–Crippen MR) is 27.8 cm³/mol. The standard InChI is InChI=1S/C5H8O4/c6-1-2-8-5(7)4-3-9-4/h4,6H,1-3H2. The maximum atomic E-state index is 10.5. The van der Waals surface area contributed by atoms with E-state index in [4.69, 9.17) is 5.11 Å². The summed E-state index contributed by atoms with van der Waals surface area (Å²) in [5, 5.41) is 8.20. The molecule has 1 aliphatic heterocycles. The van der Waals surface area contributed by atoms with Crippen molar-refractivity contribution in [3.8, 4) is 0 Å². The normalized spacial score (nSPS) is 23.4. The van der Waals surface area contributed by atoms with Gasteiger partial charge in [-0.1, -0.05) is 0 Å². The average molecular weight is 132 g/mol. The molecule has 0 bridgehead atoms. The lowest BCUT2D eigenvalue weighted by atomic mass is 10.5. The Morgan fingerprint density at radius 1 is 1.89 bits per heavy atom. The molecular formula is C5H8O4. The first-order chi connectivity index (χ1) is 4.34. The van der Waals surface area contributed by atoms with Gasteiger partial charge in [-0.05, 0) is 0 Å². The van der Waals surface area contributed by atoms with E-state index in [0.29, 0.717) is 6.61 Å². The summed E-state index contributed by atoms with van der Waals surface area (Å²) in [6, 6.07) is 0. The van der Waals surface area contributed by atoms with Gasteiger partial charge in [0.05, 0.1) is 13.2 Å². The summed E-state index contributed by atoms with van der Waals surface area (Å²) >= 11 is 0. The second-order valence-corrected chi connectivity index (χ2v) is 1.71. The Labute approximate surface area is 52.4 Å². The Morgan fingerprint density at radius 2 is 2.56 bits per heavy atom. The van der Waals surface area contributed by atoms with Crippen LogP contribution in [0.4, 0.5) is 0 Å². The maximum Gasteiger partial charge on any atom is 0.337 e. The van der Waals surface area contributed by atoms with Crippen molar-refractivity contribution in [1.82, 2.24) is 0 Å². The molecule has 1 aliphatic rings. The summed E-state index contributed by atoms with van der Waals surface area (Å²) in [7, 11) is 0. The highest BCUT2D eigenvalue weighted by atomic mass is 16.6. The minimum absolute atomic E-state index is 0.0681. The molecule has 0 aliphatic carbocycles. The highest BCUT2D eigenvalue weighted by Gasteiger charge is 2.32. The molecule has 9 heavy (non-hydrogen) atoms. The van der Waals surface area contributed by atoms with Crippen molar-refractivity contribution in [3.63, 3.8) is 0 Å². The topological polar surface area (TPSA) is 59.1 Å². The van der Waals surface area contributed by atoms with Gasteiger partial charge in [0.25, 0.3) is 0 Å². The van der Waals surface area contributed by atoms with Gasteiger partial charge in [-0.15, -0.1) is 0 Å². The van der Waals surface area contributed by atoms with Crippen molar-refractivity contribution in [3.05, 3.63) is 0 Å². The van der Waals surface area contributed by atoms with E-state index < -0.39 is 0 Å². The summed E-state index contributed by atoms with van der Waals surface area (Å²) in [6.07, 6.45) is -0.350. The molecule has 1 rings (SSSR count). The molecule has 0 spiro atoms. The van der Waals surface area contributed by atoms with Crippen LogP contribution in [0.5, 0.6) is 0 Å². The van der Waals surface area contributed by atoms with E-state index in [1.54, 1.807) is 0 Å². The van der Waals surface area contributed by atoms with Crippen molar-refractivity contribution in [2.45, 2.75) is 6.10 Å². The average Bonchev–Trinajstić information content (AvgIpc) is 2.63. The highest BCUT2D eigenvalue weighted by molar-refractivity contribution is 5.76. The Bertz CT molecular complexity index is 108. The van der Waals surface area contributed by atoms with Crippen LogP contribution < -0.4 is 0 Å². The lowest BCUT2D eigenvalue weighted by Crippen LogP contribution is -2.13. The summed E-state index contributed by atoms with van der Waals surface area (Å²) in [6.45, 7) is 0.404. The molecule has 1 saturated heterocycles. The number of hydrogen-bond donors (Lipinski definition) is 1. The summed E-state index contributed by atoms with van der Waals surface area (Å²) in [5.74, 6) is -0.371. The second kappa shape index (κ2) is 2.80. The molecule has 1 atom stereocenters. The molecule has 1 heterocycles. The zero-order valence-corrected chi connectivity index (χ0v) is 4.87. The molecule has 0 radical (unpaired) electrons. The van der Waals surface area contributed by atoms with Gasteiger partial charge in [0.1, 0.15) is 6.61 Å². The van der Waals surface area contributed by atoms with Crippen LogP contribution in [0.25, 0.3) is 0 Å².